The van der Waals surface area contributed by atoms with Gasteiger partial charge in [0.05, 0.1) is 17.1 Å². The van der Waals surface area contributed by atoms with Gasteiger partial charge in [-0.3, -0.25) is 4.79 Å². The van der Waals surface area contributed by atoms with Crippen LogP contribution in [0.25, 0.3) is 11.0 Å². The Labute approximate surface area is 204 Å². The van der Waals surface area contributed by atoms with E-state index in [4.69, 9.17) is 9.97 Å². The van der Waals surface area contributed by atoms with Crippen molar-refractivity contribution < 1.29 is 9.18 Å². The van der Waals surface area contributed by atoms with Crippen molar-refractivity contribution in [3.05, 3.63) is 60.0 Å². The predicted molar refractivity (Wildman–Crippen MR) is 134 cm³/mol. The van der Waals surface area contributed by atoms with Crippen LogP contribution in [0, 0.1) is 17.1 Å². The molecule has 1 saturated heterocycles. The van der Waals surface area contributed by atoms with Crippen molar-refractivity contribution in [2.45, 2.75) is 44.1 Å². The number of carbonyl (C=O) groups excluding carboxylic acids is 1. The number of rotatable bonds is 5. The second-order valence-electron chi connectivity index (χ2n) is 9.28. The molecule has 1 saturated carbocycles. The Balaban J connectivity index is 1.41. The van der Waals surface area contributed by atoms with Crippen LogP contribution in [0.3, 0.4) is 0 Å². The van der Waals surface area contributed by atoms with Gasteiger partial charge in [0, 0.05) is 37.9 Å². The molecule has 1 N–H and O–H groups in total. The van der Waals surface area contributed by atoms with Crippen molar-refractivity contribution in [1.29, 1.82) is 5.26 Å². The Kier molecular flexibility index (Phi) is 6.75. The lowest BCUT2D eigenvalue weighted by molar-refractivity contribution is -0.122. The largest absolute Gasteiger partial charge is 0.368 e. The Morgan fingerprint density at radius 2 is 1.57 bits per heavy atom. The standard InChI is InChI=1S/C27H29FN6O/c28-19-10-12-21(13-11-19)33-14-16-34(17-15-33)26-25(31-23-8-4-5-9-24(23)32-26)22(18-29)27(35)30-20-6-2-1-3-7-20/h4-5,8-13,20,22H,1-3,6-7,14-17H2,(H,30,35)/t22-/m0/s1. The van der Waals surface area contributed by atoms with Gasteiger partial charge in [-0.25, -0.2) is 14.4 Å². The number of piperazine rings is 1. The van der Waals surface area contributed by atoms with E-state index in [9.17, 15) is 14.4 Å². The summed E-state index contributed by atoms with van der Waals surface area (Å²) in [6.45, 7) is 2.73. The minimum Gasteiger partial charge on any atom is -0.368 e. The summed E-state index contributed by atoms with van der Waals surface area (Å²) in [5.41, 5.74) is 2.78. The molecule has 2 fully saturated rings. The molecule has 1 aliphatic heterocycles. The summed E-state index contributed by atoms with van der Waals surface area (Å²) in [7, 11) is 0. The van der Waals surface area contributed by atoms with Gasteiger partial charge in [-0.2, -0.15) is 5.26 Å². The number of benzene rings is 2. The second-order valence-corrected chi connectivity index (χ2v) is 9.28. The monoisotopic (exact) mass is 472 g/mol. The minimum absolute atomic E-state index is 0.114. The molecule has 35 heavy (non-hydrogen) atoms. The zero-order chi connectivity index (χ0) is 24.2. The Hall–Kier alpha value is -3.73. The molecule has 0 bridgehead atoms. The van der Waals surface area contributed by atoms with Gasteiger partial charge >= 0.3 is 0 Å². The van der Waals surface area contributed by atoms with E-state index in [-0.39, 0.29) is 17.8 Å². The molecule has 5 rings (SSSR count). The fourth-order valence-corrected chi connectivity index (χ4v) is 5.03. The van der Waals surface area contributed by atoms with Crippen molar-refractivity contribution in [3.8, 4) is 6.07 Å². The number of carbonyl (C=O) groups is 1. The number of para-hydroxylation sites is 2. The van der Waals surface area contributed by atoms with E-state index in [0.717, 1.165) is 36.9 Å². The van der Waals surface area contributed by atoms with Crippen LogP contribution in [0.4, 0.5) is 15.9 Å². The average molecular weight is 473 g/mol. The van der Waals surface area contributed by atoms with Crippen molar-refractivity contribution in [1.82, 2.24) is 15.3 Å². The molecular weight excluding hydrogens is 443 g/mol. The number of anilines is 2. The number of nitriles is 1. The molecule has 1 aromatic heterocycles. The zero-order valence-corrected chi connectivity index (χ0v) is 19.7. The molecule has 0 radical (unpaired) electrons. The van der Waals surface area contributed by atoms with E-state index < -0.39 is 5.92 Å². The number of nitrogens with one attached hydrogen (secondary N) is 1. The number of nitrogens with zero attached hydrogens (tertiary/aromatic N) is 5. The van der Waals surface area contributed by atoms with Gasteiger partial charge < -0.3 is 15.1 Å². The summed E-state index contributed by atoms with van der Waals surface area (Å²) >= 11 is 0. The highest BCUT2D eigenvalue weighted by Crippen LogP contribution is 2.29. The highest BCUT2D eigenvalue weighted by Gasteiger charge is 2.31. The van der Waals surface area contributed by atoms with E-state index in [0.29, 0.717) is 43.2 Å². The first kappa shape index (κ1) is 23.0. The maximum Gasteiger partial charge on any atom is 0.243 e. The summed E-state index contributed by atoms with van der Waals surface area (Å²) in [6, 6.07) is 16.4. The normalized spacial score (nSPS) is 17.7. The summed E-state index contributed by atoms with van der Waals surface area (Å²) < 4.78 is 13.3. The van der Waals surface area contributed by atoms with E-state index in [1.807, 2.05) is 24.3 Å². The fraction of sp³-hybridized carbons (Fsp3) is 0.407. The molecule has 2 heterocycles. The fourth-order valence-electron chi connectivity index (χ4n) is 5.03. The van der Waals surface area contributed by atoms with Crippen molar-refractivity contribution in [3.63, 3.8) is 0 Å². The van der Waals surface area contributed by atoms with Crippen molar-refractivity contribution >= 4 is 28.4 Å². The predicted octanol–water partition coefficient (Wildman–Crippen LogP) is 4.15. The number of aromatic nitrogens is 2. The van der Waals surface area contributed by atoms with Crippen LogP contribution in [-0.2, 0) is 4.79 Å². The van der Waals surface area contributed by atoms with Crippen LogP contribution in [0.5, 0.6) is 0 Å². The number of halogens is 1. The van der Waals surface area contributed by atoms with Crippen LogP contribution < -0.4 is 15.1 Å². The van der Waals surface area contributed by atoms with Gasteiger partial charge in [-0.15, -0.1) is 0 Å². The second kappa shape index (κ2) is 10.3. The smallest absolute Gasteiger partial charge is 0.243 e. The molecule has 3 aromatic rings. The first-order valence-electron chi connectivity index (χ1n) is 12.3. The van der Waals surface area contributed by atoms with Gasteiger partial charge in [0.1, 0.15) is 11.5 Å². The lowest BCUT2D eigenvalue weighted by Crippen LogP contribution is -2.47. The Bertz CT molecular complexity index is 1230. The summed E-state index contributed by atoms with van der Waals surface area (Å²) in [5.74, 6) is -0.986. The number of hydrogen-bond donors (Lipinski definition) is 1. The Morgan fingerprint density at radius 1 is 0.943 bits per heavy atom. The molecule has 180 valence electrons. The first-order chi connectivity index (χ1) is 17.1. The summed E-state index contributed by atoms with van der Waals surface area (Å²) in [5, 5.41) is 13.1. The van der Waals surface area contributed by atoms with E-state index in [1.54, 1.807) is 12.1 Å². The number of fused-ring (bicyclic) bond motifs is 1. The van der Waals surface area contributed by atoms with Gasteiger partial charge in [0.2, 0.25) is 5.91 Å². The molecule has 1 atom stereocenters. The van der Waals surface area contributed by atoms with Gasteiger partial charge in [-0.1, -0.05) is 31.4 Å². The SMILES string of the molecule is N#C[C@H](C(=O)NC1CCCCC1)c1nc2ccccc2nc1N1CCN(c2ccc(F)cc2)CC1. The van der Waals surface area contributed by atoms with Crippen molar-refractivity contribution in [2.24, 2.45) is 0 Å². The van der Waals surface area contributed by atoms with Gasteiger partial charge in [0.15, 0.2) is 11.7 Å². The van der Waals surface area contributed by atoms with Crippen LogP contribution in [0.2, 0.25) is 0 Å². The van der Waals surface area contributed by atoms with Crippen LogP contribution in [0.15, 0.2) is 48.5 Å². The maximum atomic E-state index is 13.3. The molecule has 2 aromatic carbocycles. The van der Waals surface area contributed by atoms with Crippen LogP contribution in [0.1, 0.15) is 43.7 Å². The third kappa shape index (κ3) is 5.04. The highest BCUT2D eigenvalue weighted by atomic mass is 19.1. The van der Waals surface area contributed by atoms with Crippen LogP contribution in [-0.4, -0.2) is 48.1 Å². The highest BCUT2D eigenvalue weighted by molar-refractivity contribution is 5.89. The van der Waals surface area contributed by atoms with E-state index >= 15 is 0 Å². The number of amides is 1. The number of hydrogen-bond acceptors (Lipinski definition) is 6. The zero-order valence-electron chi connectivity index (χ0n) is 19.7. The average Bonchev–Trinajstić information content (AvgIpc) is 2.90. The van der Waals surface area contributed by atoms with E-state index in [2.05, 4.69) is 21.2 Å². The molecule has 1 aliphatic carbocycles. The molecule has 7 nitrogen and oxygen atoms in total. The minimum atomic E-state index is -1.03. The molecule has 0 unspecified atom stereocenters. The van der Waals surface area contributed by atoms with Crippen molar-refractivity contribution in [2.75, 3.05) is 36.0 Å². The topological polar surface area (TPSA) is 85.1 Å². The lowest BCUT2D eigenvalue weighted by Gasteiger charge is -2.37. The quantitative estimate of drug-likeness (QED) is 0.601. The summed E-state index contributed by atoms with van der Waals surface area (Å²) in [6.07, 6.45) is 5.29. The third-order valence-electron chi connectivity index (χ3n) is 6.97. The Morgan fingerprint density at radius 3 is 2.23 bits per heavy atom. The molecule has 0 spiro atoms. The van der Waals surface area contributed by atoms with Gasteiger partial charge in [-0.05, 0) is 49.2 Å². The maximum absolute atomic E-state index is 13.3. The summed E-state index contributed by atoms with van der Waals surface area (Å²) in [4.78, 5) is 27.2. The molecule has 2 aliphatic rings. The third-order valence-corrected chi connectivity index (χ3v) is 6.97. The van der Waals surface area contributed by atoms with Crippen LogP contribution >= 0.6 is 0 Å². The first-order valence-corrected chi connectivity index (χ1v) is 12.3. The molecule has 1 amide bonds. The molecular formula is C27H29FN6O. The van der Waals surface area contributed by atoms with E-state index in [1.165, 1.54) is 18.6 Å². The molecule has 8 heteroatoms. The lowest BCUT2D eigenvalue weighted by atomic mass is 9.94. The van der Waals surface area contributed by atoms with Gasteiger partial charge in [0.25, 0.3) is 0 Å².